The van der Waals surface area contributed by atoms with Crippen molar-refractivity contribution >= 4 is 29.0 Å². The van der Waals surface area contributed by atoms with Crippen LogP contribution in [0.5, 0.6) is 0 Å². The highest BCUT2D eigenvalue weighted by molar-refractivity contribution is 5.75. The molecule has 9 heteroatoms. The summed E-state index contributed by atoms with van der Waals surface area (Å²) < 4.78 is 2.73. The van der Waals surface area contributed by atoms with Gasteiger partial charge in [0.05, 0.1) is 4.92 Å². The molecule has 146 valence electrons. The van der Waals surface area contributed by atoms with Crippen molar-refractivity contribution in [3.05, 3.63) is 66.6 Å². The lowest BCUT2D eigenvalue weighted by molar-refractivity contribution is -0.384. The van der Waals surface area contributed by atoms with Crippen LogP contribution in [0.3, 0.4) is 0 Å². The molecule has 1 aromatic carbocycles. The van der Waals surface area contributed by atoms with Gasteiger partial charge in [-0.15, -0.1) is 0 Å². The van der Waals surface area contributed by atoms with Crippen molar-refractivity contribution in [1.82, 2.24) is 19.1 Å². The van der Waals surface area contributed by atoms with Gasteiger partial charge in [-0.25, -0.2) is 9.78 Å². The van der Waals surface area contributed by atoms with Gasteiger partial charge in [0.15, 0.2) is 5.65 Å². The van der Waals surface area contributed by atoms with E-state index in [0.29, 0.717) is 36.5 Å². The number of nitro groups is 1. The lowest BCUT2D eigenvalue weighted by Crippen LogP contribution is -2.40. The van der Waals surface area contributed by atoms with Gasteiger partial charge in [-0.05, 0) is 24.5 Å². The van der Waals surface area contributed by atoms with Gasteiger partial charge in [-0.2, -0.15) is 0 Å². The van der Waals surface area contributed by atoms with Gasteiger partial charge in [0.2, 0.25) is 0 Å². The molecule has 0 atom stereocenters. The fourth-order valence-electron chi connectivity index (χ4n) is 3.03. The Morgan fingerprint density at radius 2 is 1.86 bits per heavy atom. The van der Waals surface area contributed by atoms with Crippen LogP contribution in [0.25, 0.3) is 23.3 Å². The Morgan fingerprint density at radius 1 is 1.14 bits per heavy atom. The van der Waals surface area contributed by atoms with Crippen molar-refractivity contribution in [2.45, 2.75) is 39.8 Å². The highest BCUT2D eigenvalue weighted by Gasteiger charge is 2.16. The number of rotatable bonds is 7. The van der Waals surface area contributed by atoms with E-state index in [1.807, 2.05) is 13.8 Å². The molecule has 1 N–H and O–H groups in total. The molecule has 2 heterocycles. The number of imidazole rings is 1. The van der Waals surface area contributed by atoms with Crippen LogP contribution < -0.4 is 11.2 Å². The molecule has 0 spiro atoms. The van der Waals surface area contributed by atoms with Crippen LogP contribution in [0.4, 0.5) is 5.69 Å². The first-order valence-corrected chi connectivity index (χ1v) is 9.12. The number of nitrogens with zero attached hydrogens (tertiary/aromatic N) is 4. The van der Waals surface area contributed by atoms with E-state index in [1.54, 1.807) is 24.3 Å². The standard InChI is InChI=1S/C19H21N5O4/c1-3-10-22-17-16(18(25)23(11-4-2)19(22)26)20-15(21-17)9-8-13-6-5-7-14(12-13)24(27)28/h5-9,12H,3-4,10-11H2,1-2H3,(H,20,21)/b9-8+. The molecular formula is C19H21N5O4. The van der Waals surface area contributed by atoms with Crippen LogP contribution in [0.1, 0.15) is 38.1 Å². The summed E-state index contributed by atoms with van der Waals surface area (Å²) in [5, 5.41) is 10.9. The van der Waals surface area contributed by atoms with Crippen molar-refractivity contribution in [3.63, 3.8) is 0 Å². The molecular weight excluding hydrogens is 362 g/mol. The van der Waals surface area contributed by atoms with Gasteiger partial charge in [-0.1, -0.05) is 32.1 Å². The van der Waals surface area contributed by atoms with E-state index in [9.17, 15) is 19.7 Å². The fourth-order valence-corrected chi connectivity index (χ4v) is 3.03. The number of nitro benzene ring substituents is 1. The second-order valence-corrected chi connectivity index (χ2v) is 6.40. The van der Waals surface area contributed by atoms with Gasteiger partial charge in [0, 0.05) is 25.2 Å². The summed E-state index contributed by atoms with van der Waals surface area (Å²) in [6.07, 6.45) is 4.69. The van der Waals surface area contributed by atoms with Crippen LogP contribution in [0.2, 0.25) is 0 Å². The number of aromatic nitrogens is 4. The Morgan fingerprint density at radius 3 is 2.54 bits per heavy atom. The molecule has 0 aliphatic carbocycles. The van der Waals surface area contributed by atoms with E-state index in [-0.39, 0.29) is 16.9 Å². The Labute approximate surface area is 160 Å². The predicted molar refractivity (Wildman–Crippen MR) is 107 cm³/mol. The molecule has 0 aliphatic heterocycles. The third-order valence-corrected chi connectivity index (χ3v) is 4.29. The molecule has 9 nitrogen and oxygen atoms in total. The molecule has 2 aromatic heterocycles. The maximum atomic E-state index is 12.7. The minimum Gasteiger partial charge on any atom is -0.333 e. The topological polar surface area (TPSA) is 116 Å². The normalized spacial score (nSPS) is 11.5. The summed E-state index contributed by atoms with van der Waals surface area (Å²) in [5.41, 5.74) is 0.469. The summed E-state index contributed by atoms with van der Waals surface area (Å²) in [6.45, 7) is 4.65. The summed E-state index contributed by atoms with van der Waals surface area (Å²) in [4.78, 5) is 43.1. The molecule has 0 radical (unpaired) electrons. The molecule has 0 unspecified atom stereocenters. The highest BCUT2D eigenvalue weighted by atomic mass is 16.6. The molecule has 28 heavy (non-hydrogen) atoms. The number of benzene rings is 1. The van der Waals surface area contributed by atoms with Crippen molar-refractivity contribution in [1.29, 1.82) is 0 Å². The number of H-pyrrole nitrogens is 1. The van der Waals surface area contributed by atoms with Crippen LogP contribution in [-0.4, -0.2) is 24.0 Å². The van der Waals surface area contributed by atoms with Crippen molar-refractivity contribution in [3.8, 4) is 0 Å². The average molecular weight is 383 g/mol. The van der Waals surface area contributed by atoms with Crippen LogP contribution in [0.15, 0.2) is 33.9 Å². The number of nitrogens with one attached hydrogen (secondary N) is 1. The van der Waals surface area contributed by atoms with E-state index < -0.39 is 10.5 Å². The minimum absolute atomic E-state index is 0.00834. The first kappa shape index (κ1) is 19.3. The minimum atomic E-state index is -0.460. The summed E-state index contributed by atoms with van der Waals surface area (Å²) in [6, 6.07) is 6.19. The molecule has 3 aromatic rings. The lowest BCUT2D eigenvalue weighted by Gasteiger charge is -2.09. The SMILES string of the molecule is CCCn1c(=O)c2[nH]c(/C=C/c3cccc([N+](=O)[O-])c3)nc2n(CCC)c1=O. The zero-order valence-corrected chi connectivity index (χ0v) is 15.7. The van der Waals surface area contributed by atoms with Gasteiger partial charge in [-0.3, -0.25) is 24.0 Å². The van der Waals surface area contributed by atoms with Gasteiger partial charge in [0.1, 0.15) is 11.3 Å². The van der Waals surface area contributed by atoms with E-state index >= 15 is 0 Å². The molecule has 0 fully saturated rings. The summed E-state index contributed by atoms with van der Waals surface area (Å²) in [7, 11) is 0. The summed E-state index contributed by atoms with van der Waals surface area (Å²) in [5.74, 6) is 0.400. The van der Waals surface area contributed by atoms with E-state index in [4.69, 9.17) is 0 Å². The number of hydrogen-bond donors (Lipinski definition) is 1. The fraction of sp³-hybridized carbons (Fsp3) is 0.316. The van der Waals surface area contributed by atoms with Crippen LogP contribution in [-0.2, 0) is 13.1 Å². The third kappa shape index (κ3) is 3.64. The van der Waals surface area contributed by atoms with Crippen LogP contribution >= 0.6 is 0 Å². The number of fused-ring (bicyclic) bond motifs is 1. The first-order valence-electron chi connectivity index (χ1n) is 9.12. The van der Waals surface area contributed by atoms with Crippen molar-refractivity contribution < 1.29 is 4.92 Å². The monoisotopic (exact) mass is 383 g/mol. The van der Waals surface area contributed by atoms with Gasteiger partial charge in [0.25, 0.3) is 11.2 Å². The lowest BCUT2D eigenvalue weighted by atomic mass is 10.2. The van der Waals surface area contributed by atoms with Crippen molar-refractivity contribution in [2.75, 3.05) is 0 Å². The Balaban J connectivity index is 2.09. The van der Waals surface area contributed by atoms with Crippen LogP contribution in [0, 0.1) is 10.1 Å². The molecule has 0 bridgehead atoms. The number of aromatic amines is 1. The largest absolute Gasteiger partial charge is 0.333 e. The second kappa shape index (κ2) is 8.03. The number of hydrogen-bond acceptors (Lipinski definition) is 5. The molecule has 0 saturated carbocycles. The van der Waals surface area contributed by atoms with Gasteiger partial charge >= 0.3 is 5.69 Å². The Hall–Kier alpha value is -3.49. The van der Waals surface area contributed by atoms with E-state index in [2.05, 4.69) is 9.97 Å². The second-order valence-electron chi connectivity index (χ2n) is 6.40. The number of non-ortho nitro benzene ring substituents is 1. The average Bonchev–Trinajstić information content (AvgIpc) is 3.11. The van der Waals surface area contributed by atoms with E-state index in [1.165, 1.54) is 21.3 Å². The molecule has 3 rings (SSSR count). The van der Waals surface area contributed by atoms with Gasteiger partial charge < -0.3 is 4.98 Å². The third-order valence-electron chi connectivity index (χ3n) is 4.29. The number of aryl methyl sites for hydroxylation is 1. The smallest absolute Gasteiger partial charge is 0.332 e. The Bertz CT molecular complexity index is 1170. The quantitative estimate of drug-likeness (QED) is 0.497. The molecule has 0 saturated heterocycles. The first-order chi connectivity index (χ1) is 13.5. The molecule has 0 amide bonds. The van der Waals surface area contributed by atoms with E-state index in [0.717, 1.165) is 6.42 Å². The zero-order valence-electron chi connectivity index (χ0n) is 15.7. The highest BCUT2D eigenvalue weighted by Crippen LogP contribution is 2.16. The molecule has 0 aliphatic rings. The zero-order chi connectivity index (χ0) is 20.3. The Kier molecular flexibility index (Phi) is 5.53. The maximum Gasteiger partial charge on any atom is 0.332 e. The maximum absolute atomic E-state index is 12.7. The summed E-state index contributed by atoms with van der Waals surface area (Å²) >= 11 is 0. The predicted octanol–water partition coefficient (Wildman–Crippen LogP) is 2.78. The van der Waals surface area contributed by atoms with Crippen molar-refractivity contribution in [2.24, 2.45) is 0 Å².